The minimum atomic E-state index is -0.314. The molecule has 0 spiro atoms. The number of carbonyl (C=O) groups is 2. The zero-order valence-electron chi connectivity index (χ0n) is 17.5. The van der Waals surface area contributed by atoms with Crippen LogP contribution in [0.25, 0.3) is 11.4 Å². The minimum absolute atomic E-state index is 0.0105. The molecule has 2 fully saturated rings. The third kappa shape index (κ3) is 4.00. The summed E-state index contributed by atoms with van der Waals surface area (Å²) in [7, 11) is 0. The lowest BCUT2D eigenvalue weighted by molar-refractivity contribution is -0.136. The molecule has 2 aromatic carbocycles. The molecule has 0 aliphatic carbocycles. The maximum Gasteiger partial charge on any atom is 0.230 e. The number of amides is 2. The molecule has 2 saturated heterocycles. The van der Waals surface area contributed by atoms with E-state index in [1.165, 1.54) is 12.1 Å². The van der Waals surface area contributed by atoms with Crippen molar-refractivity contribution in [3.05, 3.63) is 66.3 Å². The summed E-state index contributed by atoms with van der Waals surface area (Å²) in [6.07, 6.45) is 1.69. The van der Waals surface area contributed by atoms with Crippen molar-refractivity contribution in [2.24, 2.45) is 5.92 Å². The minimum Gasteiger partial charge on any atom is -0.342 e. The molecule has 0 radical (unpaired) electrons. The van der Waals surface area contributed by atoms with Crippen LogP contribution in [-0.2, 0) is 9.59 Å². The highest BCUT2D eigenvalue weighted by Crippen LogP contribution is 2.31. The average molecular weight is 434 g/mol. The standard InChI is InChI=1S/C24H23FN4O3/c25-19-8-6-16(7-9-19)22-26-23(32-27-22)17-10-12-28(13-11-17)24(31)18-14-21(30)29(15-18)20-4-2-1-3-5-20/h1-9,17-18H,10-15H2/t18-/m0/s1. The van der Waals surface area contributed by atoms with E-state index in [9.17, 15) is 14.0 Å². The number of aromatic nitrogens is 2. The van der Waals surface area contributed by atoms with Crippen molar-refractivity contribution >= 4 is 17.5 Å². The molecule has 0 unspecified atom stereocenters. The zero-order chi connectivity index (χ0) is 22.1. The smallest absolute Gasteiger partial charge is 0.230 e. The first kappa shape index (κ1) is 20.4. The summed E-state index contributed by atoms with van der Waals surface area (Å²) in [4.78, 5) is 33.5. The number of piperidine rings is 1. The fourth-order valence-electron chi connectivity index (χ4n) is 4.45. The van der Waals surface area contributed by atoms with Crippen LogP contribution in [0, 0.1) is 11.7 Å². The molecule has 0 bridgehead atoms. The summed E-state index contributed by atoms with van der Waals surface area (Å²) in [6, 6.07) is 15.4. The van der Waals surface area contributed by atoms with Crippen LogP contribution >= 0.6 is 0 Å². The molecule has 8 heteroatoms. The number of carbonyl (C=O) groups excluding carboxylic acids is 2. The van der Waals surface area contributed by atoms with Gasteiger partial charge in [-0.25, -0.2) is 4.39 Å². The van der Waals surface area contributed by atoms with Gasteiger partial charge in [0, 0.05) is 43.2 Å². The molecule has 2 aliphatic heterocycles. The van der Waals surface area contributed by atoms with Crippen molar-refractivity contribution in [3.63, 3.8) is 0 Å². The van der Waals surface area contributed by atoms with Crippen LogP contribution in [-0.4, -0.2) is 46.5 Å². The summed E-state index contributed by atoms with van der Waals surface area (Å²) in [5, 5.41) is 4.02. The maximum atomic E-state index is 13.1. The van der Waals surface area contributed by atoms with Crippen molar-refractivity contribution in [1.29, 1.82) is 0 Å². The van der Waals surface area contributed by atoms with Crippen molar-refractivity contribution in [1.82, 2.24) is 15.0 Å². The second-order valence-corrected chi connectivity index (χ2v) is 8.30. The van der Waals surface area contributed by atoms with Crippen LogP contribution in [0.1, 0.15) is 31.1 Å². The summed E-state index contributed by atoms with van der Waals surface area (Å²) < 4.78 is 18.6. The summed E-state index contributed by atoms with van der Waals surface area (Å²) in [5.74, 6) is 0.452. The molecule has 1 atom stereocenters. The van der Waals surface area contributed by atoms with E-state index in [-0.39, 0.29) is 35.9 Å². The Labute approximate surface area is 184 Å². The normalized spacial score (nSPS) is 19.5. The Kier molecular flexibility index (Phi) is 5.43. The van der Waals surface area contributed by atoms with Crippen LogP contribution < -0.4 is 4.90 Å². The topological polar surface area (TPSA) is 79.5 Å². The second kappa shape index (κ2) is 8.53. The first-order valence-electron chi connectivity index (χ1n) is 10.8. The van der Waals surface area contributed by atoms with Gasteiger partial charge >= 0.3 is 0 Å². The predicted molar refractivity (Wildman–Crippen MR) is 115 cm³/mol. The van der Waals surface area contributed by atoms with E-state index in [1.807, 2.05) is 35.2 Å². The Morgan fingerprint density at radius 3 is 2.47 bits per heavy atom. The van der Waals surface area contributed by atoms with Gasteiger partial charge in [-0.05, 0) is 49.2 Å². The van der Waals surface area contributed by atoms with Gasteiger partial charge in [-0.2, -0.15) is 4.98 Å². The maximum absolute atomic E-state index is 13.1. The van der Waals surface area contributed by atoms with Crippen molar-refractivity contribution in [2.75, 3.05) is 24.5 Å². The molecule has 0 saturated carbocycles. The third-order valence-corrected chi connectivity index (χ3v) is 6.24. The number of hydrogen-bond donors (Lipinski definition) is 0. The van der Waals surface area contributed by atoms with E-state index >= 15 is 0 Å². The molecule has 164 valence electrons. The number of benzene rings is 2. The number of likely N-dealkylation sites (tertiary alicyclic amines) is 1. The fraction of sp³-hybridized carbons (Fsp3) is 0.333. The van der Waals surface area contributed by atoms with E-state index in [1.54, 1.807) is 17.0 Å². The number of rotatable bonds is 4. The van der Waals surface area contributed by atoms with Crippen molar-refractivity contribution < 1.29 is 18.5 Å². The molecule has 2 amide bonds. The van der Waals surface area contributed by atoms with Gasteiger partial charge in [0.1, 0.15) is 5.82 Å². The summed E-state index contributed by atoms with van der Waals surface area (Å²) >= 11 is 0. The van der Waals surface area contributed by atoms with E-state index in [0.717, 1.165) is 18.5 Å². The Balaban J connectivity index is 1.19. The van der Waals surface area contributed by atoms with Crippen LogP contribution in [0.5, 0.6) is 0 Å². The van der Waals surface area contributed by atoms with Crippen molar-refractivity contribution in [3.8, 4) is 11.4 Å². The van der Waals surface area contributed by atoms with Gasteiger partial charge < -0.3 is 14.3 Å². The van der Waals surface area contributed by atoms with E-state index in [0.29, 0.717) is 36.9 Å². The van der Waals surface area contributed by atoms with Gasteiger partial charge in [-0.1, -0.05) is 23.4 Å². The van der Waals surface area contributed by atoms with Gasteiger partial charge in [0.25, 0.3) is 0 Å². The molecule has 2 aliphatic rings. The van der Waals surface area contributed by atoms with Crippen LogP contribution in [0.3, 0.4) is 0 Å². The molecular formula is C24H23FN4O3. The number of hydrogen-bond acceptors (Lipinski definition) is 5. The second-order valence-electron chi connectivity index (χ2n) is 8.30. The predicted octanol–water partition coefficient (Wildman–Crippen LogP) is 3.63. The van der Waals surface area contributed by atoms with Crippen molar-refractivity contribution in [2.45, 2.75) is 25.2 Å². The molecule has 7 nitrogen and oxygen atoms in total. The SMILES string of the molecule is O=C([C@H]1CC(=O)N(c2ccccc2)C1)N1CCC(c2nc(-c3ccc(F)cc3)no2)CC1. The fourth-order valence-corrected chi connectivity index (χ4v) is 4.45. The average Bonchev–Trinajstić information content (AvgIpc) is 3.47. The lowest BCUT2D eigenvalue weighted by Crippen LogP contribution is -2.42. The molecular weight excluding hydrogens is 411 g/mol. The highest BCUT2D eigenvalue weighted by atomic mass is 19.1. The molecule has 3 aromatic rings. The highest BCUT2D eigenvalue weighted by molar-refractivity contribution is 6.00. The largest absolute Gasteiger partial charge is 0.342 e. The number of nitrogens with zero attached hydrogens (tertiary/aromatic N) is 4. The molecule has 32 heavy (non-hydrogen) atoms. The van der Waals surface area contributed by atoms with Gasteiger partial charge in [-0.3, -0.25) is 9.59 Å². The Bertz CT molecular complexity index is 1110. The molecule has 3 heterocycles. The molecule has 1 aromatic heterocycles. The number of halogens is 1. The Morgan fingerprint density at radius 2 is 1.75 bits per heavy atom. The van der Waals surface area contributed by atoms with Gasteiger partial charge in [0.15, 0.2) is 0 Å². The van der Waals surface area contributed by atoms with Crippen LogP contribution in [0.15, 0.2) is 59.1 Å². The highest BCUT2D eigenvalue weighted by Gasteiger charge is 2.38. The van der Waals surface area contributed by atoms with Gasteiger partial charge in [-0.15, -0.1) is 0 Å². The molecule has 5 rings (SSSR count). The van der Waals surface area contributed by atoms with Crippen LogP contribution in [0.4, 0.5) is 10.1 Å². The number of para-hydroxylation sites is 1. The monoisotopic (exact) mass is 434 g/mol. The number of anilines is 1. The molecule has 0 N–H and O–H groups in total. The quantitative estimate of drug-likeness (QED) is 0.627. The van der Waals surface area contributed by atoms with Crippen LogP contribution in [0.2, 0.25) is 0 Å². The zero-order valence-corrected chi connectivity index (χ0v) is 17.5. The van der Waals surface area contributed by atoms with E-state index in [2.05, 4.69) is 10.1 Å². The summed E-state index contributed by atoms with van der Waals surface area (Å²) in [6.45, 7) is 1.61. The van der Waals surface area contributed by atoms with E-state index in [4.69, 9.17) is 4.52 Å². The van der Waals surface area contributed by atoms with Gasteiger partial charge in [0.05, 0.1) is 5.92 Å². The lowest BCUT2D eigenvalue weighted by atomic mass is 9.95. The third-order valence-electron chi connectivity index (χ3n) is 6.24. The first-order valence-corrected chi connectivity index (χ1v) is 10.8. The lowest BCUT2D eigenvalue weighted by Gasteiger charge is -2.32. The Morgan fingerprint density at radius 1 is 1.03 bits per heavy atom. The first-order chi connectivity index (χ1) is 15.6. The van der Waals surface area contributed by atoms with E-state index < -0.39 is 0 Å². The van der Waals surface area contributed by atoms with Gasteiger partial charge in [0.2, 0.25) is 23.5 Å². The summed E-state index contributed by atoms with van der Waals surface area (Å²) in [5.41, 5.74) is 1.53. The Hall–Kier alpha value is -3.55.